The van der Waals surface area contributed by atoms with E-state index in [-0.39, 0.29) is 0 Å². The molecule has 0 heterocycles. The molecular formula is C7H14I2. The lowest BCUT2D eigenvalue weighted by Gasteiger charge is -2.14. The van der Waals surface area contributed by atoms with Crippen molar-refractivity contribution >= 4 is 45.2 Å². The Kier molecular flexibility index (Phi) is 5.99. The third kappa shape index (κ3) is 9.46. The number of alkyl halides is 2. The Morgan fingerprint density at radius 2 is 1.78 bits per heavy atom. The number of unbranched alkanes of at least 4 members (excludes halogenated alkanes) is 1. The molecule has 0 bridgehead atoms. The van der Waals surface area contributed by atoms with Gasteiger partial charge in [-0.1, -0.05) is 65.5 Å². The van der Waals surface area contributed by atoms with E-state index in [9.17, 15) is 0 Å². The molecule has 0 amide bonds. The standard InChI is InChI=1S/C7H14I2/c1-7(2,9)5-3-4-6-8/h3-6H2,1-2H3. The van der Waals surface area contributed by atoms with Gasteiger partial charge in [0.1, 0.15) is 0 Å². The van der Waals surface area contributed by atoms with Gasteiger partial charge in [-0.2, -0.15) is 0 Å². The van der Waals surface area contributed by atoms with Gasteiger partial charge in [0.15, 0.2) is 0 Å². The summed E-state index contributed by atoms with van der Waals surface area (Å²) < 4.78 is 1.83. The van der Waals surface area contributed by atoms with Crippen LogP contribution in [0.5, 0.6) is 0 Å². The van der Waals surface area contributed by atoms with E-state index in [1.165, 1.54) is 23.7 Å². The third-order valence-electron chi connectivity index (χ3n) is 1.15. The second-order valence-corrected chi connectivity index (χ2v) is 6.86. The van der Waals surface area contributed by atoms with Crippen molar-refractivity contribution in [2.75, 3.05) is 4.43 Å². The topological polar surface area (TPSA) is 0 Å². The summed E-state index contributed by atoms with van der Waals surface area (Å²) in [5.74, 6) is 0. The molecule has 0 nitrogen and oxygen atoms in total. The van der Waals surface area contributed by atoms with Crippen LogP contribution in [0.15, 0.2) is 0 Å². The van der Waals surface area contributed by atoms with Crippen LogP contribution in [0.2, 0.25) is 0 Å². The summed E-state index contributed by atoms with van der Waals surface area (Å²) in [5.41, 5.74) is 0. The minimum Gasteiger partial charge on any atom is -0.0864 e. The Balaban J connectivity index is 3.07. The van der Waals surface area contributed by atoms with Gasteiger partial charge in [0.2, 0.25) is 0 Å². The van der Waals surface area contributed by atoms with E-state index in [2.05, 4.69) is 59.0 Å². The highest BCUT2D eigenvalue weighted by Gasteiger charge is 2.10. The van der Waals surface area contributed by atoms with Crippen LogP contribution < -0.4 is 0 Å². The zero-order valence-corrected chi connectivity index (χ0v) is 10.4. The van der Waals surface area contributed by atoms with Gasteiger partial charge in [0.05, 0.1) is 0 Å². The van der Waals surface area contributed by atoms with Gasteiger partial charge in [-0.25, -0.2) is 0 Å². The van der Waals surface area contributed by atoms with Crippen LogP contribution in [0, 0.1) is 0 Å². The zero-order chi connectivity index (χ0) is 7.33. The molecule has 0 aliphatic heterocycles. The monoisotopic (exact) mass is 352 g/mol. The Bertz CT molecular complexity index is 63.8. The van der Waals surface area contributed by atoms with Crippen molar-refractivity contribution in [1.82, 2.24) is 0 Å². The minimum atomic E-state index is 0.517. The summed E-state index contributed by atoms with van der Waals surface area (Å²) in [7, 11) is 0. The largest absolute Gasteiger partial charge is 0.0864 e. The highest BCUT2D eigenvalue weighted by Crippen LogP contribution is 2.23. The Hall–Kier alpha value is 1.46. The maximum Gasteiger partial charge on any atom is 0.0166 e. The fourth-order valence-electron chi connectivity index (χ4n) is 0.640. The van der Waals surface area contributed by atoms with E-state index in [0.717, 1.165) is 0 Å². The van der Waals surface area contributed by atoms with Crippen LogP contribution in [0.1, 0.15) is 33.1 Å². The van der Waals surface area contributed by atoms with E-state index in [0.29, 0.717) is 3.42 Å². The van der Waals surface area contributed by atoms with Crippen LogP contribution in [0.4, 0.5) is 0 Å². The molecule has 0 aromatic carbocycles. The Morgan fingerprint density at radius 1 is 1.22 bits per heavy atom. The van der Waals surface area contributed by atoms with Crippen molar-refractivity contribution in [3.05, 3.63) is 0 Å². The molecular weight excluding hydrogens is 338 g/mol. The molecule has 0 aromatic rings. The van der Waals surface area contributed by atoms with Gasteiger partial charge >= 0.3 is 0 Å². The molecule has 0 spiro atoms. The number of rotatable bonds is 4. The van der Waals surface area contributed by atoms with Crippen molar-refractivity contribution in [2.24, 2.45) is 0 Å². The molecule has 0 unspecified atom stereocenters. The second kappa shape index (κ2) is 5.16. The first kappa shape index (κ1) is 10.5. The smallest absolute Gasteiger partial charge is 0.0166 e. The predicted octanol–water partition coefficient (Wildman–Crippen LogP) is 3.81. The maximum atomic E-state index is 2.51. The summed E-state index contributed by atoms with van der Waals surface area (Å²) in [6, 6.07) is 0. The normalized spacial score (nSPS) is 12.0. The molecule has 0 aliphatic rings. The lowest BCUT2D eigenvalue weighted by molar-refractivity contribution is 0.621. The lowest BCUT2D eigenvalue weighted by atomic mass is 10.1. The molecule has 0 atom stereocenters. The van der Waals surface area contributed by atoms with Gasteiger partial charge in [0, 0.05) is 3.42 Å². The molecule has 0 saturated carbocycles. The van der Waals surface area contributed by atoms with Crippen LogP contribution in [0.25, 0.3) is 0 Å². The summed E-state index contributed by atoms with van der Waals surface area (Å²) >= 11 is 4.95. The summed E-state index contributed by atoms with van der Waals surface area (Å²) in [6.45, 7) is 4.58. The van der Waals surface area contributed by atoms with Crippen molar-refractivity contribution in [2.45, 2.75) is 36.5 Å². The van der Waals surface area contributed by atoms with Crippen LogP contribution in [-0.4, -0.2) is 7.85 Å². The Labute approximate surface area is 85.5 Å². The molecule has 0 N–H and O–H groups in total. The molecule has 9 heavy (non-hydrogen) atoms. The first-order chi connectivity index (χ1) is 4.06. The Morgan fingerprint density at radius 3 is 2.11 bits per heavy atom. The van der Waals surface area contributed by atoms with E-state index in [4.69, 9.17) is 0 Å². The highest BCUT2D eigenvalue weighted by atomic mass is 127. The van der Waals surface area contributed by atoms with Gasteiger partial charge in [-0.15, -0.1) is 0 Å². The number of halogens is 2. The molecule has 0 rings (SSSR count). The fraction of sp³-hybridized carbons (Fsp3) is 1.00. The molecule has 0 radical (unpaired) electrons. The van der Waals surface area contributed by atoms with E-state index >= 15 is 0 Å². The van der Waals surface area contributed by atoms with E-state index in [1.54, 1.807) is 0 Å². The first-order valence-corrected chi connectivity index (χ1v) is 5.91. The average Bonchev–Trinajstić information content (AvgIpc) is 1.63. The zero-order valence-electron chi connectivity index (χ0n) is 6.08. The van der Waals surface area contributed by atoms with E-state index < -0.39 is 0 Å². The fourth-order valence-corrected chi connectivity index (χ4v) is 1.56. The van der Waals surface area contributed by atoms with E-state index in [1.807, 2.05) is 0 Å². The SMILES string of the molecule is CC(C)(I)CCCCI. The van der Waals surface area contributed by atoms with Gasteiger partial charge < -0.3 is 0 Å². The van der Waals surface area contributed by atoms with Crippen molar-refractivity contribution < 1.29 is 0 Å². The van der Waals surface area contributed by atoms with Gasteiger partial charge in [0.25, 0.3) is 0 Å². The lowest BCUT2D eigenvalue weighted by Crippen LogP contribution is -2.07. The summed E-state index contributed by atoms with van der Waals surface area (Å²) in [4.78, 5) is 0. The maximum absolute atomic E-state index is 2.51. The molecule has 0 aliphatic carbocycles. The van der Waals surface area contributed by atoms with Crippen molar-refractivity contribution in [1.29, 1.82) is 0 Å². The quantitative estimate of drug-likeness (QED) is 0.410. The van der Waals surface area contributed by atoms with Crippen LogP contribution >= 0.6 is 45.2 Å². The molecule has 0 saturated heterocycles. The van der Waals surface area contributed by atoms with Crippen LogP contribution in [-0.2, 0) is 0 Å². The highest BCUT2D eigenvalue weighted by molar-refractivity contribution is 14.1. The number of hydrogen-bond acceptors (Lipinski definition) is 0. The summed E-state index contributed by atoms with van der Waals surface area (Å²) in [5, 5.41) is 0. The molecule has 56 valence electrons. The minimum absolute atomic E-state index is 0.517. The molecule has 0 fully saturated rings. The molecule has 2 heteroatoms. The number of hydrogen-bond donors (Lipinski definition) is 0. The third-order valence-corrected chi connectivity index (χ3v) is 2.46. The average molecular weight is 352 g/mol. The van der Waals surface area contributed by atoms with Crippen molar-refractivity contribution in [3.8, 4) is 0 Å². The van der Waals surface area contributed by atoms with Crippen LogP contribution in [0.3, 0.4) is 0 Å². The van der Waals surface area contributed by atoms with Crippen molar-refractivity contribution in [3.63, 3.8) is 0 Å². The van der Waals surface area contributed by atoms with Gasteiger partial charge in [-0.05, 0) is 17.3 Å². The second-order valence-electron chi connectivity index (χ2n) is 2.86. The summed E-state index contributed by atoms with van der Waals surface area (Å²) in [6.07, 6.45) is 4.13. The predicted molar refractivity (Wildman–Crippen MR) is 60.8 cm³/mol. The molecule has 0 aromatic heterocycles. The first-order valence-electron chi connectivity index (χ1n) is 3.31. The van der Waals surface area contributed by atoms with Gasteiger partial charge in [-0.3, -0.25) is 0 Å².